The molecule has 1 saturated carbocycles. The predicted molar refractivity (Wildman–Crippen MR) is 93.2 cm³/mol. The highest BCUT2D eigenvalue weighted by atomic mass is 32.2. The number of hydrogen-bond donors (Lipinski definition) is 1. The molecule has 0 saturated heterocycles. The fraction of sp³-hybridized carbons (Fsp3) is 0.471. The highest BCUT2D eigenvalue weighted by molar-refractivity contribution is 7.99. The van der Waals surface area contributed by atoms with Crippen LogP contribution in [0.1, 0.15) is 31.5 Å². The van der Waals surface area contributed by atoms with Crippen molar-refractivity contribution in [2.24, 2.45) is 0 Å². The van der Waals surface area contributed by atoms with Crippen LogP contribution in [-0.2, 0) is 16.1 Å². The van der Waals surface area contributed by atoms with E-state index in [9.17, 15) is 4.79 Å². The number of amides is 1. The number of thioether (sulfide) groups is 1. The monoisotopic (exact) mass is 346 g/mol. The molecule has 0 spiro atoms. The van der Waals surface area contributed by atoms with E-state index in [4.69, 9.17) is 4.74 Å². The van der Waals surface area contributed by atoms with E-state index >= 15 is 0 Å². The second-order valence-corrected chi connectivity index (χ2v) is 6.78. The van der Waals surface area contributed by atoms with Crippen molar-refractivity contribution in [3.8, 4) is 5.69 Å². The Balaban J connectivity index is 1.69. The SMILES string of the molecule is COCc1nnc(SCC(=O)NC2CCCC2)n1-c1ccccc1. The van der Waals surface area contributed by atoms with Gasteiger partial charge in [0.1, 0.15) is 6.61 Å². The number of ether oxygens (including phenoxy) is 1. The molecular weight excluding hydrogens is 324 g/mol. The van der Waals surface area contributed by atoms with E-state index in [1.807, 2.05) is 34.9 Å². The van der Waals surface area contributed by atoms with E-state index < -0.39 is 0 Å². The molecule has 0 unspecified atom stereocenters. The molecule has 24 heavy (non-hydrogen) atoms. The van der Waals surface area contributed by atoms with E-state index in [0.717, 1.165) is 24.4 Å². The normalized spacial score (nSPS) is 14.9. The number of rotatable bonds is 7. The molecule has 7 heteroatoms. The van der Waals surface area contributed by atoms with Gasteiger partial charge < -0.3 is 10.1 Å². The Morgan fingerprint density at radius 2 is 2.04 bits per heavy atom. The zero-order valence-corrected chi connectivity index (χ0v) is 14.6. The van der Waals surface area contributed by atoms with Gasteiger partial charge in [-0.3, -0.25) is 9.36 Å². The zero-order chi connectivity index (χ0) is 16.8. The number of methoxy groups -OCH3 is 1. The summed E-state index contributed by atoms with van der Waals surface area (Å²) >= 11 is 1.40. The van der Waals surface area contributed by atoms with Gasteiger partial charge in [0.25, 0.3) is 0 Å². The third-order valence-electron chi connectivity index (χ3n) is 4.04. The predicted octanol–water partition coefficient (Wildman–Crippen LogP) is 2.56. The van der Waals surface area contributed by atoms with Gasteiger partial charge in [-0.15, -0.1) is 10.2 Å². The molecule has 1 aliphatic rings. The second-order valence-electron chi connectivity index (χ2n) is 5.84. The Labute approximate surface area is 146 Å². The fourth-order valence-electron chi connectivity index (χ4n) is 2.92. The molecule has 128 valence electrons. The maximum absolute atomic E-state index is 12.1. The van der Waals surface area contributed by atoms with Gasteiger partial charge in [0.2, 0.25) is 5.91 Å². The van der Waals surface area contributed by atoms with Crippen molar-refractivity contribution in [2.75, 3.05) is 12.9 Å². The first-order chi connectivity index (χ1) is 11.8. The van der Waals surface area contributed by atoms with Gasteiger partial charge in [-0.1, -0.05) is 42.8 Å². The van der Waals surface area contributed by atoms with Crippen molar-refractivity contribution in [2.45, 2.75) is 43.5 Å². The van der Waals surface area contributed by atoms with Gasteiger partial charge in [0.15, 0.2) is 11.0 Å². The summed E-state index contributed by atoms with van der Waals surface area (Å²) in [4.78, 5) is 12.1. The quantitative estimate of drug-likeness (QED) is 0.780. The Kier molecular flexibility index (Phi) is 5.87. The van der Waals surface area contributed by atoms with Crippen LogP contribution >= 0.6 is 11.8 Å². The first-order valence-electron chi connectivity index (χ1n) is 8.18. The Morgan fingerprint density at radius 1 is 1.29 bits per heavy atom. The summed E-state index contributed by atoms with van der Waals surface area (Å²) in [5.41, 5.74) is 0.966. The average molecular weight is 346 g/mol. The van der Waals surface area contributed by atoms with E-state index in [2.05, 4.69) is 15.5 Å². The molecule has 3 rings (SSSR count). The highest BCUT2D eigenvalue weighted by Gasteiger charge is 2.19. The van der Waals surface area contributed by atoms with Crippen LogP contribution in [0.4, 0.5) is 0 Å². The lowest BCUT2D eigenvalue weighted by molar-refractivity contribution is -0.119. The molecule has 0 atom stereocenters. The van der Waals surface area contributed by atoms with Crippen LogP contribution in [0.5, 0.6) is 0 Å². The summed E-state index contributed by atoms with van der Waals surface area (Å²) in [6.07, 6.45) is 4.60. The maximum Gasteiger partial charge on any atom is 0.230 e. The Bertz CT molecular complexity index is 668. The largest absolute Gasteiger partial charge is 0.377 e. The van der Waals surface area contributed by atoms with Gasteiger partial charge in [0.05, 0.1) is 5.75 Å². The molecule has 2 aromatic rings. The molecule has 1 aliphatic carbocycles. The third-order valence-corrected chi connectivity index (χ3v) is 4.97. The summed E-state index contributed by atoms with van der Waals surface area (Å²) in [7, 11) is 1.63. The minimum Gasteiger partial charge on any atom is -0.377 e. The first-order valence-corrected chi connectivity index (χ1v) is 9.17. The third kappa shape index (κ3) is 4.15. The number of nitrogens with one attached hydrogen (secondary N) is 1. The highest BCUT2D eigenvalue weighted by Crippen LogP contribution is 2.23. The summed E-state index contributed by atoms with van der Waals surface area (Å²) in [5.74, 6) is 1.12. The molecule has 1 aromatic carbocycles. The lowest BCUT2D eigenvalue weighted by Gasteiger charge is -2.12. The van der Waals surface area contributed by atoms with Crippen molar-refractivity contribution in [3.63, 3.8) is 0 Å². The van der Waals surface area contributed by atoms with E-state index in [0.29, 0.717) is 23.6 Å². The van der Waals surface area contributed by atoms with Crippen LogP contribution in [0, 0.1) is 0 Å². The topological polar surface area (TPSA) is 69.0 Å². The van der Waals surface area contributed by atoms with Crippen molar-refractivity contribution < 1.29 is 9.53 Å². The van der Waals surface area contributed by atoms with Crippen LogP contribution in [0.15, 0.2) is 35.5 Å². The molecule has 6 nitrogen and oxygen atoms in total. The minimum absolute atomic E-state index is 0.0582. The molecule has 0 radical (unpaired) electrons. The van der Waals surface area contributed by atoms with Crippen LogP contribution < -0.4 is 5.32 Å². The standard InChI is InChI=1S/C17H22N4O2S/c1-23-11-15-19-20-17(21(15)14-9-3-2-4-10-14)24-12-16(22)18-13-7-5-6-8-13/h2-4,9-10,13H,5-8,11-12H2,1H3,(H,18,22). The molecular formula is C17H22N4O2S. The molecule has 1 amide bonds. The molecule has 0 bridgehead atoms. The van der Waals surface area contributed by atoms with Gasteiger partial charge in [-0.2, -0.15) is 0 Å². The number of benzene rings is 1. The van der Waals surface area contributed by atoms with Crippen LogP contribution in [-0.4, -0.2) is 39.6 Å². The van der Waals surface area contributed by atoms with E-state index in [1.54, 1.807) is 7.11 Å². The number of aromatic nitrogens is 3. The van der Waals surface area contributed by atoms with Gasteiger partial charge in [0, 0.05) is 18.8 Å². The van der Waals surface area contributed by atoms with Crippen molar-refractivity contribution in [3.05, 3.63) is 36.2 Å². The van der Waals surface area contributed by atoms with Crippen LogP contribution in [0.2, 0.25) is 0 Å². The summed E-state index contributed by atoms with van der Waals surface area (Å²) in [5, 5.41) is 12.2. The van der Waals surface area contributed by atoms with E-state index in [1.165, 1.54) is 24.6 Å². The van der Waals surface area contributed by atoms with Crippen LogP contribution in [0.3, 0.4) is 0 Å². The number of carbonyl (C=O) groups excluding carboxylic acids is 1. The smallest absolute Gasteiger partial charge is 0.230 e. The second kappa shape index (κ2) is 8.30. The number of carbonyl (C=O) groups is 1. The molecule has 1 heterocycles. The van der Waals surface area contributed by atoms with Gasteiger partial charge in [-0.25, -0.2) is 0 Å². The number of hydrogen-bond acceptors (Lipinski definition) is 5. The lowest BCUT2D eigenvalue weighted by atomic mass is 10.2. The molecule has 0 aliphatic heterocycles. The van der Waals surface area contributed by atoms with Crippen molar-refractivity contribution >= 4 is 17.7 Å². The molecule has 1 N–H and O–H groups in total. The van der Waals surface area contributed by atoms with Gasteiger partial charge in [-0.05, 0) is 25.0 Å². The molecule has 1 aromatic heterocycles. The Morgan fingerprint density at radius 3 is 2.75 bits per heavy atom. The fourth-order valence-corrected chi connectivity index (χ4v) is 3.70. The summed E-state index contributed by atoms with van der Waals surface area (Å²) < 4.78 is 7.15. The minimum atomic E-state index is 0.0582. The van der Waals surface area contributed by atoms with E-state index in [-0.39, 0.29) is 5.91 Å². The zero-order valence-electron chi connectivity index (χ0n) is 13.8. The maximum atomic E-state index is 12.1. The van der Waals surface area contributed by atoms with Gasteiger partial charge >= 0.3 is 0 Å². The first kappa shape index (κ1) is 17.0. The average Bonchev–Trinajstić information content (AvgIpc) is 3.24. The summed E-state index contributed by atoms with van der Waals surface area (Å²) in [6.45, 7) is 0.372. The van der Waals surface area contributed by atoms with Crippen molar-refractivity contribution in [1.29, 1.82) is 0 Å². The van der Waals surface area contributed by atoms with Crippen molar-refractivity contribution in [1.82, 2.24) is 20.1 Å². The number of nitrogens with zero attached hydrogens (tertiary/aromatic N) is 3. The Hall–Kier alpha value is -1.86. The summed E-state index contributed by atoms with van der Waals surface area (Å²) in [6, 6.07) is 10.2. The number of para-hydroxylation sites is 1. The van der Waals surface area contributed by atoms with Crippen LogP contribution in [0.25, 0.3) is 5.69 Å². The molecule has 1 fully saturated rings. The lowest BCUT2D eigenvalue weighted by Crippen LogP contribution is -2.33.